The molecule has 1 saturated heterocycles. The molecule has 12 heteroatoms. The van der Waals surface area contributed by atoms with E-state index in [1.54, 1.807) is 32.8 Å². The predicted octanol–water partition coefficient (Wildman–Crippen LogP) is 6.34. The summed E-state index contributed by atoms with van der Waals surface area (Å²) in [6, 6.07) is 2.83. The normalized spacial score (nSPS) is 30.1. The largest absolute Gasteiger partial charge is 0.495 e. The fraction of sp³-hybridized carbons (Fsp3) is 0.611. The molecule has 4 atom stereocenters. The van der Waals surface area contributed by atoms with Crippen LogP contribution < -0.4 is 15.0 Å². The zero-order valence-electron chi connectivity index (χ0n) is 29.4. The number of carbonyl (C=O) groups excluding carboxylic acids is 4. The van der Waals surface area contributed by atoms with Gasteiger partial charge in [-0.1, -0.05) is 49.2 Å². The van der Waals surface area contributed by atoms with E-state index in [-0.39, 0.29) is 36.3 Å². The molecular weight excluding hydrogens is 654 g/mol. The molecule has 4 aliphatic rings. The fourth-order valence-corrected chi connectivity index (χ4v) is 7.86. The quantitative estimate of drug-likeness (QED) is 0.328. The summed E-state index contributed by atoms with van der Waals surface area (Å²) in [4.78, 5) is 56.0. The van der Waals surface area contributed by atoms with E-state index in [0.29, 0.717) is 60.7 Å². The molecule has 5 rings (SSSR count). The van der Waals surface area contributed by atoms with Crippen LogP contribution in [-0.4, -0.2) is 85.8 Å². The number of esters is 1. The number of amides is 3. The van der Waals surface area contributed by atoms with Crippen LogP contribution in [0.15, 0.2) is 35.9 Å². The Kier molecular flexibility index (Phi) is 12.2. The maximum Gasteiger partial charge on any atom is 0.407 e. The molecule has 48 heavy (non-hydrogen) atoms. The van der Waals surface area contributed by atoms with Gasteiger partial charge >= 0.3 is 12.1 Å². The first-order valence-corrected chi connectivity index (χ1v) is 18.3. The molecule has 1 saturated carbocycles. The maximum atomic E-state index is 14.1. The minimum absolute atomic E-state index is 0.0810. The van der Waals surface area contributed by atoms with Crippen molar-refractivity contribution in [2.75, 3.05) is 38.1 Å². The average molecular weight is 704 g/mol. The Hall–Kier alpha value is -3.18. The van der Waals surface area contributed by atoms with Gasteiger partial charge in [-0.25, -0.2) is 9.59 Å². The van der Waals surface area contributed by atoms with E-state index in [0.717, 1.165) is 11.1 Å². The summed E-state index contributed by atoms with van der Waals surface area (Å²) >= 11 is 8.32. The van der Waals surface area contributed by atoms with Crippen LogP contribution in [0.5, 0.6) is 5.75 Å². The van der Waals surface area contributed by atoms with E-state index < -0.39 is 29.1 Å². The number of halogens is 1. The second-order valence-corrected chi connectivity index (χ2v) is 15.3. The first kappa shape index (κ1) is 37.6. The van der Waals surface area contributed by atoms with Crippen molar-refractivity contribution in [2.24, 2.45) is 11.3 Å². The third-order valence-corrected chi connectivity index (χ3v) is 11.3. The highest BCUT2D eigenvalue weighted by molar-refractivity contribution is 7.98. The molecule has 1 aliphatic carbocycles. The van der Waals surface area contributed by atoms with E-state index in [9.17, 15) is 19.2 Å². The summed E-state index contributed by atoms with van der Waals surface area (Å²) in [5.41, 5.74) is 0.974. The van der Waals surface area contributed by atoms with Crippen LogP contribution in [0.3, 0.4) is 0 Å². The average Bonchev–Trinajstić information content (AvgIpc) is 3.03. The van der Waals surface area contributed by atoms with Crippen molar-refractivity contribution >= 4 is 52.9 Å². The van der Waals surface area contributed by atoms with Crippen LogP contribution in [0.1, 0.15) is 71.8 Å². The second-order valence-electron chi connectivity index (χ2n) is 14.0. The molecule has 3 amide bonds. The molecule has 1 unspecified atom stereocenters. The topological polar surface area (TPSA) is 114 Å². The van der Waals surface area contributed by atoms with E-state index in [2.05, 4.69) is 25.2 Å². The number of ether oxygens (including phenoxy) is 3. The van der Waals surface area contributed by atoms with Crippen LogP contribution >= 0.6 is 23.4 Å². The molecular formula is C36H50ClN3O7S. The zero-order valence-corrected chi connectivity index (χ0v) is 31.0. The summed E-state index contributed by atoms with van der Waals surface area (Å²) < 4.78 is 17.7. The molecule has 0 spiro atoms. The standard InChI is InChI=1S/C36H50ClN3O7S/c1-22-11-9-10-12-26-18-28(46-34(44)38-26)23(2)35(4)20-36(21-35,47-33(43)24(3)39(5)30(41)13-14-48-8)19-31(42)40(6)27-16-25(15-22)17-29(45-7)32(27)37/h9-11,16-17,23-24,26,28H,12-15,18-21H2,1-8H3,(H,38,44)/b10-9+,22-11-/t23-,24-,26?,28+,35?,36?/m1/s1. The van der Waals surface area contributed by atoms with Crippen molar-refractivity contribution in [1.82, 2.24) is 10.2 Å². The molecule has 1 N–H and O–H groups in total. The predicted molar refractivity (Wildman–Crippen MR) is 190 cm³/mol. The number of benzene rings is 1. The zero-order chi connectivity index (χ0) is 35.4. The fourth-order valence-electron chi connectivity index (χ4n) is 7.17. The molecule has 3 aliphatic heterocycles. The van der Waals surface area contributed by atoms with Gasteiger partial charge in [0.15, 0.2) is 0 Å². The highest BCUT2D eigenvalue weighted by atomic mass is 35.5. The lowest BCUT2D eigenvalue weighted by Crippen LogP contribution is -2.61. The minimum Gasteiger partial charge on any atom is -0.495 e. The number of fused-ring (bicyclic) bond motifs is 5. The van der Waals surface area contributed by atoms with Crippen LogP contribution in [0.4, 0.5) is 10.5 Å². The van der Waals surface area contributed by atoms with Gasteiger partial charge in [0.25, 0.3) is 0 Å². The summed E-state index contributed by atoms with van der Waals surface area (Å²) in [7, 11) is 4.80. The van der Waals surface area contributed by atoms with Crippen LogP contribution in [0.2, 0.25) is 5.02 Å². The van der Waals surface area contributed by atoms with Gasteiger partial charge < -0.3 is 29.3 Å². The smallest absolute Gasteiger partial charge is 0.407 e. The van der Waals surface area contributed by atoms with E-state index >= 15 is 0 Å². The third kappa shape index (κ3) is 8.51. The van der Waals surface area contributed by atoms with Gasteiger partial charge in [0, 0.05) is 38.7 Å². The lowest BCUT2D eigenvalue weighted by atomic mass is 9.52. The molecule has 3 heterocycles. The summed E-state index contributed by atoms with van der Waals surface area (Å²) in [5.74, 6) is 0.0207. The Bertz CT molecular complexity index is 1460. The number of alkyl carbamates (subject to hydrolysis) is 1. The maximum absolute atomic E-state index is 14.1. The van der Waals surface area contributed by atoms with Crippen LogP contribution in [-0.2, 0) is 30.3 Å². The summed E-state index contributed by atoms with van der Waals surface area (Å²) in [6.07, 6.45) is 10.1. The highest BCUT2D eigenvalue weighted by Crippen LogP contribution is 2.58. The van der Waals surface area contributed by atoms with Gasteiger partial charge in [-0.3, -0.25) is 9.59 Å². The number of hydrogen-bond donors (Lipinski definition) is 1. The van der Waals surface area contributed by atoms with E-state index in [1.165, 1.54) is 16.9 Å². The van der Waals surface area contributed by atoms with Gasteiger partial charge in [-0.05, 0) is 74.8 Å². The Labute approximate surface area is 293 Å². The third-order valence-electron chi connectivity index (χ3n) is 10.3. The number of allylic oxidation sites excluding steroid dienone is 3. The Morgan fingerprint density at radius 1 is 1.27 bits per heavy atom. The van der Waals surface area contributed by atoms with Crippen molar-refractivity contribution in [3.8, 4) is 5.75 Å². The lowest BCUT2D eigenvalue weighted by molar-refractivity contribution is -0.207. The van der Waals surface area contributed by atoms with Crippen LogP contribution in [0.25, 0.3) is 0 Å². The first-order chi connectivity index (χ1) is 22.6. The minimum atomic E-state index is -1.13. The lowest BCUT2D eigenvalue weighted by Gasteiger charge is -2.58. The molecule has 0 aromatic heterocycles. The molecule has 6 bridgehead atoms. The van der Waals surface area contributed by atoms with Crippen molar-refractivity contribution in [2.45, 2.75) is 96.4 Å². The Morgan fingerprint density at radius 3 is 2.65 bits per heavy atom. The van der Waals surface area contributed by atoms with E-state index in [4.69, 9.17) is 25.8 Å². The first-order valence-electron chi connectivity index (χ1n) is 16.5. The van der Waals surface area contributed by atoms with Gasteiger partial charge in [0.05, 0.1) is 19.2 Å². The number of rotatable bonds is 7. The van der Waals surface area contributed by atoms with Gasteiger partial charge in [0.1, 0.15) is 28.5 Å². The van der Waals surface area contributed by atoms with Crippen molar-refractivity contribution < 1.29 is 33.4 Å². The number of thioether (sulfide) groups is 1. The summed E-state index contributed by atoms with van der Waals surface area (Å²) in [5, 5.41) is 3.26. The molecule has 1 aromatic carbocycles. The highest BCUT2D eigenvalue weighted by Gasteiger charge is 2.60. The number of methoxy groups -OCH3 is 1. The molecule has 264 valence electrons. The van der Waals surface area contributed by atoms with Crippen molar-refractivity contribution in [3.05, 3.63) is 46.5 Å². The summed E-state index contributed by atoms with van der Waals surface area (Å²) in [6.45, 7) is 7.82. The molecule has 10 nitrogen and oxygen atoms in total. The number of anilines is 1. The Balaban J connectivity index is 1.70. The Morgan fingerprint density at radius 2 is 1.98 bits per heavy atom. The number of hydrogen-bond acceptors (Lipinski definition) is 8. The SMILES string of the molecule is COc1cc2cc(c1Cl)N(C)C(=O)CC1(OC(=O)[C@@H](C)N(C)C(=O)CCSC)CC(C)(C1)[C@H](C)[C@@H]1CC(C/C=C/C=C(/C)C2)NC(=O)O1. The van der Waals surface area contributed by atoms with Gasteiger partial charge in [0.2, 0.25) is 11.8 Å². The monoisotopic (exact) mass is 703 g/mol. The van der Waals surface area contributed by atoms with Crippen LogP contribution in [0, 0.1) is 11.3 Å². The van der Waals surface area contributed by atoms with Gasteiger partial charge in [-0.15, -0.1) is 0 Å². The van der Waals surface area contributed by atoms with Crippen molar-refractivity contribution in [1.29, 1.82) is 0 Å². The molecule has 2 fully saturated rings. The molecule has 0 radical (unpaired) electrons. The number of nitrogens with zero attached hydrogens (tertiary/aromatic N) is 2. The molecule has 1 aromatic rings. The van der Waals surface area contributed by atoms with E-state index in [1.807, 2.05) is 37.5 Å². The number of nitrogens with one attached hydrogen (secondary N) is 1. The number of likely N-dealkylation sites (N-methyl/N-ethyl adjacent to an activating group) is 1. The number of carbonyl (C=O) groups is 4. The van der Waals surface area contributed by atoms with Crippen molar-refractivity contribution in [3.63, 3.8) is 0 Å². The second kappa shape index (κ2) is 15.6. The van der Waals surface area contributed by atoms with Gasteiger partial charge in [-0.2, -0.15) is 11.8 Å².